The zero-order chi connectivity index (χ0) is 31.6. The molecule has 1 rings (SSSR count). The van der Waals surface area contributed by atoms with Crippen molar-refractivity contribution < 1.29 is 28.3 Å². The van der Waals surface area contributed by atoms with Crippen molar-refractivity contribution >= 4 is 25.2 Å². The zero-order valence-electron chi connectivity index (χ0n) is 25.1. The zero-order valence-corrected chi connectivity index (χ0v) is 26.0. The van der Waals surface area contributed by atoms with Crippen molar-refractivity contribution in [2.45, 2.75) is 58.3 Å². The fourth-order valence-electron chi connectivity index (χ4n) is 3.38. The molecule has 0 spiro atoms. The minimum Gasteiger partial charge on any atom is -0.468 e. The van der Waals surface area contributed by atoms with Gasteiger partial charge in [0, 0.05) is 31.6 Å². The van der Waals surface area contributed by atoms with Gasteiger partial charge in [-0.25, -0.2) is 14.7 Å². The number of hydrogen-bond donors (Lipinski definition) is 3. The fourth-order valence-corrected chi connectivity index (χ4v) is 4.78. The normalized spacial score (nSPS) is 13.3. The van der Waals surface area contributed by atoms with Gasteiger partial charge in [0.25, 0.3) is 5.69 Å². The van der Waals surface area contributed by atoms with Crippen molar-refractivity contribution in [3.05, 3.63) is 95.1 Å². The van der Waals surface area contributed by atoms with E-state index in [2.05, 4.69) is 87.9 Å². The third kappa shape index (κ3) is 19.9. The Kier molecular flexibility index (Phi) is 20.6. The van der Waals surface area contributed by atoms with Crippen molar-refractivity contribution in [2.24, 2.45) is 0 Å². The summed E-state index contributed by atoms with van der Waals surface area (Å²) in [7, 11) is -2.62. The first-order valence-electron chi connectivity index (χ1n) is 14.4. The number of nitro groups is 1. The summed E-state index contributed by atoms with van der Waals surface area (Å²) in [4.78, 5) is 33.9. The van der Waals surface area contributed by atoms with Crippen LogP contribution in [-0.4, -0.2) is 43.5 Å². The maximum absolute atomic E-state index is 13.2. The van der Waals surface area contributed by atoms with Gasteiger partial charge < -0.3 is 14.6 Å². The van der Waals surface area contributed by atoms with E-state index >= 15 is 0 Å². The second kappa shape index (κ2) is 23.7. The van der Waals surface area contributed by atoms with Crippen LogP contribution in [0, 0.1) is 10.1 Å². The van der Waals surface area contributed by atoms with E-state index in [1.165, 1.54) is 31.4 Å². The van der Waals surface area contributed by atoms with Gasteiger partial charge in [-0.1, -0.05) is 67.7 Å². The molecule has 0 aliphatic heterocycles. The highest BCUT2D eigenvalue weighted by atomic mass is 31.2. The number of allylic oxidation sites excluding steroid dienone is 10. The van der Waals surface area contributed by atoms with E-state index in [4.69, 9.17) is 4.52 Å². The summed E-state index contributed by atoms with van der Waals surface area (Å²) >= 11 is 0. The number of nitrogens with zero attached hydrogens (tertiary/aromatic N) is 1. The summed E-state index contributed by atoms with van der Waals surface area (Å²) in [6, 6.07) is 5.01. The molecular weight excluding hydrogens is 571 g/mol. The van der Waals surface area contributed by atoms with Gasteiger partial charge in [0.05, 0.1) is 12.0 Å². The number of nitro benzene ring substituents is 1. The van der Waals surface area contributed by atoms with Crippen LogP contribution in [0.15, 0.2) is 85.0 Å². The monoisotopic (exact) mass is 616 g/mol. The molecule has 3 N–H and O–H groups in total. The molecule has 0 fully saturated rings. The minimum atomic E-state index is -3.81. The standard InChI is InChI=1S/C31H45N4O7P/c1-3-4-5-6-7-8-9-10-11-12-13-14-15-16-17-18-19-20-30(36)32-25-26-33-43(40,34-27-31(37)41-2)42-29-23-21-28(22-24-29)35(38)39/h4-5,7-8,10-11,13-14,16-17,21-24H,3,6,9,12,15,18-20,25-27H2,1-2H3,(H,32,36)(H2,33,34,40)/b5-4-,8-7-,11-10-,14-13-,17-16-. The maximum atomic E-state index is 13.2. The van der Waals surface area contributed by atoms with Crippen LogP contribution in [0.3, 0.4) is 0 Å². The quantitative estimate of drug-likeness (QED) is 0.0314. The Bertz CT molecular complexity index is 1160. The molecule has 0 aliphatic rings. The average molecular weight is 617 g/mol. The Hall–Kier alpha value is -3.79. The Morgan fingerprint density at radius 1 is 0.860 bits per heavy atom. The summed E-state index contributed by atoms with van der Waals surface area (Å²) in [5, 5.41) is 18.8. The molecule has 0 aromatic heterocycles. The van der Waals surface area contributed by atoms with Crippen LogP contribution in [0.25, 0.3) is 0 Å². The predicted molar refractivity (Wildman–Crippen MR) is 171 cm³/mol. The van der Waals surface area contributed by atoms with Gasteiger partial charge in [-0.05, 0) is 57.1 Å². The van der Waals surface area contributed by atoms with E-state index in [1.54, 1.807) is 0 Å². The largest absolute Gasteiger partial charge is 0.468 e. The van der Waals surface area contributed by atoms with Crippen LogP contribution in [0.2, 0.25) is 0 Å². The molecule has 1 unspecified atom stereocenters. The van der Waals surface area contributed by atoms with Crippen molar-refractivity contribution in [3.63, 3.8) is 0 Å². The molecule has 0 bridgehead atoms. The first-order valence-corrected chi connectivity index (χ1v) is 16.0. The number of non-ortho nitro benzene ring substituents is 1. The highest BCUT2D eigenvalue weighted by Crippen LogP contribution is 2.38. The van der Waals surface area contributed by atoms with Gasteiger partial charge in [-0.2, -0.15) is 0 Å². The smallest absolute Gasteiger partial charge is 0.391 e. The number of hydrogen-bond acceptors (Lipinski definition) is 7. The number of unbranched alkanes of at least 4 members (excludes halogenated alkanes) is 1. The van der Waals surface area contributed by atoms with E-state index in [0.717, 1.165) is 38.5 Å². The Labute approximate surface area is 254 Å². The molecule has 11 nitrogen and oxygen atoms in total. The van der Waals surface area contributed by atoms with Gasteiger partial charge in [0.15, 0.2) is 0 Å². The molecule has 12 heteroatoms. The van der Waals surface area contributed by atoms with E-state index in [-0.39, 0.29) is 30.4 Å². The van der Waals surface area contributed by atoms with Crippen molar-refractivity contribution in [2.75, 3.05) is 26.7 Å². The molecule has 43 heavy (non-hydrogen) atoms. The second-order valence-corrected chi connectivity index (χ2v) is 11.1. The number of carbonyl (C=O) groups is 2. The lowest BCUT2D eigenvalue weighted by molar-refractivity contribution is -0.384. The van der Waals surface area contributed by atoms with Crippen LogP contribution in [0.1, 0.15) is 58.3 Å². The molecule has 0 radical (unpaired) electrons. The van der Waals surface area contributed by atoms with Crippen LogP contribution in [0.5, 0.6) is 5.75 Å². The van der Waals surface area contributed by atoms with Gasteiger partial charge in [-0.15, -0.1) is 0 Å². The number of carbonyl (C=O) groups excluding carboxylic acids is 2. The summed E-state index contributed by atoms with van der Waals surface area (Å²) in [6.45, 7) is 1.99. The lowest BCUT2D eigenvalue weighted by Crippen LogP contribution is -2.35. The highest BCUT2D eigenvalue weighted by molar-refractivity contribution is 7.55. The lowest BCUT2D eigenvalue weighted by Gasteiger charge is -2.21. The first-order chi connectivity index (χ1) is 20.8. The average Bonchev–Trinajstić information content (AvgIpc) is 3.00. The van der Waals surface area contributed by atoms with Crippen molar-refractivity contribution in [3.8, 4) is 5.75 Å². The first kappa shape index (κ1) is 37.2. The van der Waals surface area contributed by atoms with Crippen molar-refractivity contribution in [1.82, 2.24) is 15.5 Å². The molecule has 0 aliphatic carbocycles. The molecule has 0 saturated heterocycles. The van der Waals surface area contributed by atoms with Gasteiger partial charge in [0.2, 0.25) is 5.91 Å². The summed E-state index contributed by atoms with van der Waals surface area (Å²) in [5.74, 6) is -0.698. The van der Waals surface area contributed by atoms with E-state index in [0.29, 0.717) is 12.8 Å². The number of rotatable bonds is 23. The SMILES string of the molecule is CC/C=C\C/C=C\C/C=C\C/C=C\C/C=C\CCCC(=O)NCCNP(=O)(NCC(=O)OC)Oc1ccc([N+](=O)[O-])cc1. The van der Waals surface area contributed by atoms with Crippen LogP contribution < -0.4 is 20.0 Å². The number of methoxy groups -OCH3 is 1. The number of ether oxygens (including phenoxy) is 1. The molecular formula is C31H45N4O7P. The topological polar surface area (TPSA) is 149 Å². The molecule has 236 valence electrons. The number of nitrogens with one attached hydrogen (secondary N) is 3. The number of esters is 1. The Balaban J connectivity index is 2.27. The van der Waals surface area contributed by atoms with Crippen LogP contribution in [-0.2, 0) is 18.9 Å². The molecule has 0 saturated carbocycles. The Morgan fingerprint density at radius 2 is 1.42 bits per heavy atom. The Morgan fingerprint density at radius 3 is 1.95 bits per heavy atom. The van der Waals surface area contributed by atoms with Gasteiger partial charge in [-0.3, -0.25) is 19.7 Å². The molecule has 0 heterocycles. The summed E-state index contributed by atoms with van der Waals surface area (Å²) in [6.07, 6.45) is 28.0. The molecule has 1 amide bonds. The number of amides is 1. The second-order valence-electron chi connectivity index (χ2n) is 9.16. The minimum absolute atomic E-state index is 0.0823. The fraction of sp³-hybridized carbons (Fsp3) is 0.419. The van der Waals surface area contributed by atoms with Crippen LogP contribution in [0.4, 0.5) is 5.69 Å². The third-order valence-electron chi connectivity index (χ3n) is 5.64. The van der Waals surface area contributed by atoms with E-state index < -0.39 is 25.1 Å². The van der Waals surface area contributed by atoms with Crippen molar-refractivity contribution in [1.29, 1.82) is 0 Å². The van der Waals surface area contributed by atoms with E-state index in [9.17, 15) is 24.3 Å². The molecule has 1 atom stereocenters. The molecule has 1 aromatic rings. The van der Waals surface area contributed by atoms with Crippen LogP contribution >= 0.6 is 7.67 Å². The predicted octanol–water partition coefficient (Wildman–Crippen LogP) is 6.47. The molecule has 1 aromatic carbocycles. The maximum Gasteiger partial charge on any atom is 0.391 e. The highest BCUT2D eigenvalue weighted by Gasteiger charge is 2.25. The van der Waals surface area contributed by atoms with Gasteiger partial charge in [0.1, 0.15) is 12.3 Å². The van der Waals surface area contributed by atoms with Gasteiger partial charge >= 0.3 is 13.6 Å². The summed E-state index contributed by atoms with van der Waals surface area (Å²) < 4.78 is 23.2. The third-order valence-corrected chi connectivity index (χ3v) is 7.32. The lowest BCUT2D eigenvalue weighted by atomic mass is 10.2. The number of benzene rings is 1. The summed E-state index contributed by atoms with van der Waals surface area (Å²) in [5.41, 5.74) is -0.151. The van der Waals surface area contributed by atoms with E-state index in [1.807, 2.05) is 0 Å².